The fourth-order valence-electron chi connectivity index (χ4n) is 8.89. The SMILES string of the molecule is CC/C=C\C/C=C\C/C=C\C/C=C\C/C=C\CCCC(=O)OC(COC(=O)CCCCCCC/C=C\C/C=C\CCCCC)COC(=O)CCCCCCCCCCCCCCCCC/C=C\C/C=C\CCCCCCC. The minimum atomic E-state index is -0.816. The van der Waals surface area contributed by atoms with Crippen molar-refractivity contribution in [3.8, 4) is 0 Å². The van der Waals surface area contributed by atoms with Gasteiger partial charge >= 0.3 is 17.9 Å². The number of unbranched alkanes of at least 4 members (excludes halogenated alkanes) is 29. The lowest BCUT2D eigenvalue weighted by atomic mass is 10.0. The second kappa shape index (κ2) is 64.6. The number of rotatable bonds is 58. The van der Waals surface area contributed by atoms with Gasteiger partial charge in [0.2, 0.25) is 0 Å². The summed E-state index contributed by atoms with van der Waals surface area (Å²) in [5, 5.41) is 0. The molecule has 6 nitrogen and oxygen atoms in total. The zero-order valence-corrected chi connectivity index (χ0v) is 50.4. The normalized spacial score (nSPS) is 12.8. The van der Waals surface area contributed by atoms with Crippen molar-refractivity contribution in [3.63, 3.8) is 0 Å². The molecule has 0 aromatic carbocycles. The monoisotopic (exact) mass is 1070 g/mol. The van der Waals surface area contributed by atoms with E-state index in [1.165, 1.54) is 148 Å². The van der Waals surface area contributed by atoms with Crippen LogP contribution < -0.4 is 0 Å². The molecule has 0 amide bonds. The minimum Gasteiger partial charge on any atom is -0.462 e. The Bertz CT molecular complexity index is 1560. The molecule has 0 bridgehead atoms. The Morgan fingerprint density at radius 3 is 0.857 bits per heavy atom. The molecule has 0 saturated heterocycles. The number of carbonyl (C=O) groups excluding carboxylic acids is 3. The number of carbonyl (C=O) groups is 3. The van der Waals surface area contributed by atoms with Crippen LogP contribution in [-0.2, 0) is 28.6 Å². The lowest BCUT2D eigenvalue weighted by Crippen LogP contribution is -2.30. The van der Waals surface area contributed by atoms with E-state index in [1.54, 1.807) is 0 Å². The molecular weight excluding hydrogens is 949 g/mol. The summed E-state index contributed by atoms with van der Waals surface area (Å²) in [6, 6.07) is 0. The van der Waals surface area contributed by atoms with E-state index in [0.29, 0.717) is 19.3 Å². The molecule has 0 aromatic rings. The summed E-state index contributed by atoms with van der Waals surface area (Å²) in [5.74, 6) is -0.972. The zero-order chi connectivity index (χ0) is 55.7. The second-order valence-electron chi connectivity index (χ2n) is 21.3. The third kappa shape index (κ3) is 62.8. The Hall–Kier alpha value is -3.93. The van der Waals surface area contributed by atoms with E-state index in [2.05, 4.69) is 130 Å². The molecule has 0 aliphatic heterocycles. The van der Waals surface area contributed by atoms with Gasteiger partial charge < -0.3 is 14.2 Å². The molecule has 0 saturated carbocycles. The van der Waals surface area contributed by atoms with Crippen molar-refractivity contribution >= 4 is 17.9 Å². The van der Waals surface area contributed by atoms with Gasteiger partial charge in [-0.3, -0.25) is 14.4 Å². The third-order valence-corrected chi connectivity index (χ3v) is 13.7. The quantitative estimate of drug-likeness (QED) is 0.0261. The van der Waals surface area contributed by atoms with Crippen molar-refractivity contribution in [1.82, 2.24) is 0 Å². The smallest absolute Gasteiger partial charge is 0.306 e. The van der Waals surface area contributed by atoms with Crippen LogP contribution in [0.2, 0.25) is 0 Å². The van der Waals surface area contributed by atoms with Crippen molar-refractivity contribution in [2.24, 2.45) is 0 Å². The molecule has 0 fully saturated rings. The Morgan fingerprint density at radius 1 is 0.273 bits per heavy atom. The van der Waals surface area contributed by atoms with Gasteiger partial charge in [-0.1, -0.05) is 271 Å². The average molecular weight is 1070 g/mol. The van der Waals surface area contributed by atoms with Gasteiger partial charge in [0.25, 0.3) is 0 Å². The summed E-state index contributed by atoms with van der Waals surface area (Å²) in [6.45, 7) is 6.45. The van der Waals surface area contributed by atoms with Gasteiger partial charge in [0.15, 0.2) is 6.10 Å². The van der Waals surface area contributed by atoms with E-state index < -0.39 is 6.10 Å². The first kappa shape index (κ1) is 73.1. The van der Waals surface area contributed by atoms with Gasteiger partial charge in [-0.15, -0.1) is 0 Å². The van der Waals surface area contributed by atoms with Gasteiger partial charge in [0.05, 0.1) is 0 Å². The standard InChI is InChI=1S/C71H120O6/c1-4-7-10-13-16-19-22-25-28-30-31-32-33-34-35-36-37-38-39-41-43-46-49-52-55-58-61-64-70(73)76-67-68(66-75-69(72)63-60-57-54-51-48-45-42-27-24-21-18-15-12-9-6-3)77-71(74)65-62-59-56-53-50-47-44-40-29-26-23-20-17-14-11-8-5-2/h8,11,17-18,20-22,25-27,29-31,42,44,47,53,56,68H,4-7,9-10,12-16,19,23-24,28,32-41,43,45-46,48-52,54-55,57-67H2,1-3H3/b11-8-,20-17-,21-18-,25-22-,29-26-,31-30-,42-27-,47-44-,56-53-. The molecule has 0 heterocycles. The van der Waals surface area contributed by atoms with Crippen LogP contribution in [0.25, 0.3) is 0 Å². The molecule has 0 aliphatic rings. The van der Waals surface area contributed by atoms with E-state index >= 15 is 0 Å². The first-order valence-electron chi connectivity index (χ1n) is 32.4. The van der Waals surface area contributed by atoms with Gasteiger partial charge in [-0.2, -0.15) is 0 Å². The van der Waals surface area contributed by atoms with Crippen molar-refractivity contribution in [2.45, 2.75) is 309 Å². The number of hydrogen-bond donors (Lipinski definition) is 0. The maximum absolute atomic E-state index is 12.9. The first-order valence-corrected chi connectivity index (χ1v) is 32.4. The summed E-state index contributed by atoms with van der Waals surface area (Å²) in [7, 11) is 0. The maximum Gasteiger partial charge on any atom is 0.306 e. The highest BCUT2D eigenvalue weighted by atomic mass is 16.6. The minimum absolute atomic E-state index is 0.105. The van der Waals surface area contributed by atoms with Crippen LogP contribution in [0.5, 0.6) is 0 Å². The van der Waals surface area contributed by atoms with E-state index in [1.807, 2.05) is 0 Å². The Morgan fingerprint density at radius 2 is 0.519 bits per heavy atom. The second-order valence-corrected chi connectivity index (χ2v) is 21.3. The molecule has 440 valence electrons. The number of ether oxygens (including phenoxy) is 3. The molecule has 0 aliphatic carbocycles. The Kier molecular flexibility index (Phi) is 61.3. The molecular formula is C71H120O6. The van der Waals surface area contributed by atoms with Crippen molar-refractivity contribution in [2.75, 3.05) is 13.2 Å². The van der Waals surface area contributed by atoms with Crippen LogP contribution in [0.15, 0.2) is 109 Å². The molecule has 1 atom stereocenters. The fraction of sp³-hybridized carbons (Fsp3) is 0.704. The topological polar surface area (TPSA) is 78.9 Å². The number of hydrogen-bond acceptors (Lipinski definition) is 6. The van der Waals surface area contributed by atoms with E-state index in [4.69, 9.17) is 14.2 Å². The number of allylic oxidation sites excluding steroid dienone is 18. The summed E-state index contributed by atoms with van der Waals surface area (Å²) in [4.78, 5) is 38.3. The van der Waals surface area contributed by atoms with Crippen LogP contribution in [0.4, 0.5) is 0 Å². The molecule has 1 unspecified atom stereocenters. The highest BCUT2D eigenvalue weighted by molar-refractivity contribution is 5.71. The predicted octanol–water partition coefficient (Wildman–Crippen LogP) is 22.2. The van der Waals surface area contributed by atoms with Gasteiger partial charge in [0, 0.05) is 19.3 Å². The van der Waals surface area contributed by atoms with Crippen LogP contribution in [0.3, 0.4) is 0 Å². The van der Waals surface area contributed by atoms with Crippen LogP contribution >= 0.6 is 0 Å². The summed E-state index contributed by atoms with van der Waals surface area (Å²) >= 11 is 0. The van der Waals surface area contributed by atoms with E-state index in [-0.39, 0.29) is 37.5 Å². The van der Waals surface area contributed by atoms with E-state index in [0.717, 1.165) is 109 Å². The lowest BCUT2D eigenvalue weighted by molar-refractivity contribution is -0.167. The van der Waals surface area contributed by atoms with Crippen molar-refractivity contribution < 1.29 is 28.6 Å². The Labute approximate surface area is 476 Å². The van der Waals surface area contributed by atoms with Crippen LogP contribution in [0.1, 0.15) is 303 Å². The fourth-order valence-corrected chi connectivity index (χ4v) is 8.89. The maximum atomic E-state index is 12.9. The highest BCUT2D eigenvalue weighted by Gasteiger charge is 2.19. The van der Waals surface area contributed by atoms with Crippen molar-refractivity contribution in [3.05, 3.63) is 109 Å². The summed E-state index contributed by atoms with van der Waals surface area (Å²) in [5.41, 5.74) is 0. The van der Waals surface area contributed by atoms with Crippen LogP contribution in [-0.4, -0.2) is 37.2 Å². The molecule has 0 N–H and O–H groups in total. The first-order chi connectivity index (χ1) is 38.0. The highest BCUT2D eigenvalue weighted by Crippen LogP contribution is 2.16. The zero-order valence-electron chi connectivity index (χ0n) is 50.4. The molecule has 0 rings (SSSR count). The van der Waals surface area contributed by atoms with Gasteiger partial charge in [-0.05, 0) is 122 Å². The largest absolute Gasteiger partial charge is 0.462 e. The predicted molar refractivity (Wildman–Crippen MR) is 334 cm³/mol. The van der Waals surface area contributed by atoms with Gasteiger partial charge in [-0.25, -0.2) is 0 Å². The lowest BCUT2D eigenvalue weighted by Gasteiger charge is -2.18. The number of esters is 3. The molecule has 77 heavy (non-hydrogen) atoms. The molecule has 0 aromatic heterocycles. The average Bonchev–Trinajstić information content (AvgIpc) is 3.43. The Balaban J connectivity index is 4.36. The third-order valence-electron chi connectivity index (χ3n) is 13.7. The van der Waals surface area contributed by atoms with Crippen molar-refractivity contribution in [1.29, 1.82) is 0 Å². The van der Waals surface area contributed by atoms with Gasteiger partial charge in [0.1, 0.15) is 13.2 Å². The molecule has 0 spiro atoms. The summed E-state index contributed by atoms with van der Waals surface area (Å²) in [6.07, 6.45) is 88.2. The van der Waals surface area contributed by atoms with Crippen LogP contribution in [0, 0.1) is 0 Å². The molecule has 0 radical (unpaired) electrons. The van der Waals surface area contributed by atoms with E-state index in [9.17, 15) is 14.4 Å². The molecule has 6 heteroatoms. The summed E-state index contributed by atoms with van der Waals surface area (Å²) < 4.78 is 16.9.